The monoisotopic (exact) mass is 368 g/mol. The van der Waals surface area contributed by atoms with Gasteiger partial charge in [0, 0.05) is 30.6 Å². The first-order valence-corrected chi connectivity index (χ1v) is 8.18. The quantitative estimate of drug-likeness (QED) is 0.690. The number of hydrogen-bond donors (Lipinski definition) is 1. The number of aromatic nitrogens is 3. The number of methoxy groups -OCH3 is 3. The fourth-order valence-corrected chi connectivity index (χ4v) is 2.62. The molecule has 0 aliphatic carbocycles. The van der Waals surface area contributed by atoms with Crippen LogP contribution in [0.5, 0.6) is 17.2 Å². The maximum Gasteiger partial charge on any atom is 0.260 e. The van der Waals surface area contributed by atoms with E-state index in [0.29, 0.717) is 35.2 Å². The molecule has 0 saturated carbocycles. The van der Waals surface area contributed by atoms with Crippen molar-refractivity contribution in [2.24, 2.45) is 0 Å². The van der Waals surface area contributed by atoms with Crippen LogP contribution < -0.4 is 19.5 Å². The molecule has 0 spiro atoms. The number of anilines is 1. The lowest BCUT2D eigenvalue weighted by Gasteiger charge is -2.14. The van der Waals surface area contributed by atoms with Gasteiger partial charge in [0.2, 0.25) is 0 Å². The molecule has 0 aliphatic rings. The zero-order valence-corrected chi connectivity index (χ0v) is 15.3. The number of benzene rings is 1. The van der Waals surface area contributed by atoms with E-state index in [1.54, 1.807) is 41.5 Å². The highest BCUT2D eigenvalue weighted by molar-refractivity contribution is 6.06. The van der Waals surface area contributed by atoms with Gasteiger partial charge in [-0.15, -0.1) is 0 Å². The number of amides is 1. The van der Waals surface area contributed by atoms with E-state index in [1.807, 2.05) is 12.1 Å². The van der Waals surface area contributed by atoms with Crippen LogP contribution in [0.1, 0.15) is 15.9 Å². The van der Waals surface area contributed by atoms with Gasteiger partial charge in [0.05, 0.1) is 39.6 Å². The molecule has 1 N–H and O–H groups in total. The van der Waals surface area contributed by atoms with Crippen LogP contribution in [-0.4, -0.2) is 42.0 Å². The maximum atomic E-state index is 12.8. The second-order valence-corrected chi connectivity index (χ2v) is 5.60. The summed E-state index contributed by atoms with van der Waals surface area (Å²) < 4.78 is 17.5. The van der Waals surface area contributed by atoms with Crippen molar-refractivity contribution in [1.82, 2.24) is 14.8 Å². The van der Waals surface area contributed by atoms with Crippen molar-refractivity contribution in [3.63, 3.8) is 0 Å². The molecular weight excluding hydrogens is 348 g/mol. The molecule has 1 amide bonds. The summed E-state index contributed by atoms with van der Waals surface area (Å²) in [5.74, 6) is 1.50. The molecule has 3 rings (SSSR count). The first-order valence-electron chi connectivity index (χ1n) is 8.18. The molecule has 8 nitrogen and oxygen atoms in total. The Morgan fingerprint density at radius 2 is 1.78 bits per heavy atom. The topological polar surface area (TPSA) is 87.5 Å². The van der Waals surface area contributed by atoms with Gasteiger partial charge >= 0.3 is 0 Å². The molecule has 0 unspecified atom stereocenters. The molecule has 27 heavy (non-hydrogen) atoms. The van der Waals surface area contributed by atoms with Gasteiger partial charge < -0.3 is 19.5 Å². The second-order valence-electron chi connectivity index (χ2n) is 5.60. The molecule has 2 heterocycles. The van der Waals surface area contributed by atoms with Crippen molar-refractivity contribution in [3.8, 4) is 17.2 Å². The molecule has 0 saturated heterocycles. The number of carbonyl (C=O) groups excluding carboxylic acids is 1. The first kappa shape index (κ1) is 18.2. The van der Waals surface area contributed by atoms with Crippen LogP contribution in [0.3, 0.4) is 0 Å². The standard InChI is InChI=1S/C19H20N4O4/c1-25-15-10-17(27-3)16(26-2)9-14(15)19(24)22-18-6-8-21-23(18)12-13-5-4-7-20-11-13/h4-11H,12H2,1-3H3,(H,22,24). The predicted octanol–water partition coefficient (Wildman–Crippen LogP) is 2.60. The maximum absolute atomic E-state index is 12.8. The Hall–Kier alpha value is -3.55. The van der Waals surface area contributed by atoms with E-state index in [9.17, 15) is 4.79 Å². The minimum absolute atomic E-state index is 0.323. The van der Waals surface area contributed by atoms with E-state index in [4.69, 9.17) is 14.2 Å². The molecule has 3 aromatic rings. The van der Waals surface area contributed by atoms with Crippen LogP contribution >= 0.6 is 0 Å². The second kappa shape index (κ2) is 8.22. The average Bonchev–Trinajstić information content (AvgIpc) is 3.13. The van der Waals surface area contributed by atoms with Crippen molar-refractivity contribution in [2.75, 3.05) is 26.6 Å². The Balaban J connectivity index is 1.85. The zero-order valence-electron chi connectivity index (χ0n) is 15.3. The van der Waals surface area contributed by atoms with Gasteiger partial charge in [0.15, 0.2) is 11.5 Å². The third kappa shape index (κ3) is 4.00. The summed E-state index contributed by atoms with van der Waals surface area (Å²) in [5, 5.41) is 7.12. The van der Waals surface area contributed by atoms with Gasteiger partial charge in [-0.25, -0.2) is 4.68 Å². The van der Waals surface area contributed by atoms with Crippen molar-refractivity contribution >= 4 is 11.7 Å². The number of nitrogens with zero attached hydrogens (tertiary/aromatic N) is 3. The van der Waals surface area contributed by atoms with Crippen LogP contribution in [0.25, 0.3) is 0 Å². The minimum Gasteiger partial charge on any atom is -0.496 e. The van der Waals surface area contributed by atoms with Crippen molar-refractivity contribution in [1.29, 1.82) is 0 Å². The number of ether oxygens (including phenoxy) is 3. The van der Waals surface area contributed by atoms with E-state index in [-0.39, 0.29) is 5.91 Å². The molecule has 8 heteroatoms. The Kier molecular flexibility index (Phi) is 5.55. The van der Waals surface area contributed by atoms with Gasteiger partial charge in [-0.2, -0.15) is 5.10 Å². The minimum atomic E-state index is -0.347. The highest BCUT2D eigenvalue weighted by Crippen LogP contribution is 2.34. The normalized spacial score (nSPS) is 10.3. The van der Waals surface area contributed by atoms with Gasteiger partial charge in [0.1, 0.15) is 11.6 Å². The summed E-state index contributed by atoms with van der Waals surface area (Å²) in [6.07, 6.45) is 5.08. The van der Waals surface area contributed by atoms with Gasteiger partial charge in [-0.05, 0) is 11.6 Å². The first-order chi connectivity index (χ1) is 13.2. The molecule has 140 valence electrons. The fourth-order valence-electron chi connectivity index (χ4n) is 2.62. The van der Waals surface area contributed by atoms with Crippen LogP contribution in [0.2, 0.25) is 0 Å². The van der Waals surface area contributed by atoms with Crippen molar-refractivity contribution in [3.05, 3.63) is 60.0 Å². The van der Waals surface area contributed by atoms with Crippen LogP contribution in [0.15, 0.2) is 48.9 Å². The third-order valence-corrected chi connectivity index (χ3v) is 3.96. The van der Waals surface area contributed by atoms with E-state index >= 15 is 0 Å². The summed E-state index contributed by atoms with van der Waals surface area (Å²) in [5.41, 5.74) is 1.30. The largest absolute Gasteiger partial charge is 0.496 e. The fraction of sp³-hybridized carbons (Fsp3) is 0.211. The van der Waals surface area contributed by atoms with E-state index in [1.165, 1.54) is 21.3 Å². The number of carbonyl (C=O) groups is 1. The van der Waals surface area contributed by atoms with Gasteiger partial charge in [-0.3, -0.25) is 9.78 Å². The summed E-state index contributed by atoms with van der Waals surface area (Å²) in [7, 11) is 4.52. The lowest BCUT2D eigenvalue weighted by atomic mass is 10.1. The Bertz CT molecular complexity index is 925. The van der Waals surface area contributed by atoms with Crippen LogP contribution in [0, 0.1) is 0 Å². The smallest absolute Gasteiger partial charge is 0.260 e. The average molecular weight is 368 g/mol. The highest BCUT2D eigenvalue weighted by atomic mass is 16.5. The third-order valence-electron chi connectivity index (χ3n) is 3.96. The Morgan fingerprint density at radius 1 is 1.04 bits per heavy atom. The molecule has 0 fully saturated rings. The molecule has 0 atom stereocenters. The highest BCUT2D eigenvalue weighted by Gasteiger charge is 2.19. The number of rotatable bonds is 7. The summed E-state index contributed by atoms with van der Waals surface area (Å²) in [6.45, 7) is 0.486. The number of nitrogens with one attached hydrogen (secondary N) is 1. The number of hydrogen-bond acceptors (Lipinski definition) is 6. The number of pyridine rings is 1. The van der Waals surface area contributed by atoms with E-state index in [0.717, 1.165) is 5.56 Å². The summed E-state index contributed by atoms with van der Waals surface area (Å²) >= 11 is 0. The lowest BCUT2D eigenvalue weighted by molar-refractivity contribution is 0.102. The SMILES string of the molecule is COc1cc(OC)c(C(=O)Nc2ccnn2Cc2cccnc2)cc1OC. The lowest BCUT2D eigenvalue weighted by Crippen LogP contribution is -2.17. The molecule has 0 aliphatic heterocycles. The molecule has 0 radical (unpaired) electrons. The predicted molar refractivity (Wildman–Crippen MR) is 99.6 cm³/mol. The molecule has 2 aromatic heterocycles. The van der Waals surface area contributed by atoms with E-state index in [2.05, 4.69) is 15.4 Å². The van der Waals surface area contributed by atoms with Crippen LogP contribution in [0.4, 0.5) is 5.82 Å². The molecule has 0 bridgehead atoms. The van der Waals surface area contributed by atoms with Crippen molar-refractivity contribution < 1.29 is 19.0 Å². The van der Waals surface area contributed by atoms with E-state index < -0.39 is 0 Å². The van der Waals surface area contributed by atoms with Gasteiger partial charge in [0.25, 0.3) is 5.91 Å². The van der Waals surface area contributed by atoms with Crippen LogP contribution in [-0.2, 0) is 6.54 Å². The molecular formula is C19H20N4O4. The summed E-state index contributed by atoms with van der Waals surface area (Å²) in [4.78, 5) is 16.9. The summed E-state index contributed by atoms with van der Waals surface area (Å²) in [6, 6.07) is 8.71. The van der Waals surface area contributed by atoms with Gasteiger partial charge in [-0.1, -0.05) is 6.07 Å². The van der Waals surface area contributed by atoms with Crippen molar-refractivity contribution in [2.45, 2.75) is 6.54 Å². The Labute approximate surface area is 156 Å². The molecule has 1 aromatic carbocycles. The zero-order chi connectivity index (χ0) is 19.2. The Morgan fingerprint density at radius 3 is 2.44 bits per heavy atom.